The van der Waals surface area contributed by atoms with Gasteiger partial charge in [0.15, 0.2) is 0 Å². The first-order valence-electron chi connectivity index (χ1n) is 8.72. The van der Waals surface area contributed by atoms with Gasteiger partial charge in [-0.05, 0) is 18.2 Å². The van der Waals surface area contributed by atoms with Crippen LogP contribution in [-0.2, 0) is 24.0 Å². The summed E-state index contributed by atoms with van der Waals surface area (Å²) in [6.45, 7) is -0.301. The highest BCUT2D eigenvalue weighted by Gasteiger charge is 2.34. The highest BCUT2D eigenvalue weighted by Crippen LogP contribution is 2.32. The van der Waals surface area contributed by atoms with E-state index >= 15 is 0 Å². The van der Waals surface area contributed by atoms with Crippen molar-refractivity contribution >= 4 is 33.8 Å². The van der Waals surface area contributed by atoms with Crippen LogP contribution in [-0.4, -0.2) is 21.1 Å². The Bertz CT molecular complexity index is 1090. The summed E-state index contributed by atoms with van der Waals surface area (Å²) in [6, 6.07) is 14.3. The summed E-state index contributed by atoms with van der Waals surface area (Å²) in [6.07, 6.45) is -4.28. The van der Waals surface area contributed by atoms with E-state index in [1.807, 2.05) is 18.2 Å². The maximum Gasteiger partial charge on any atom is 0.416 e. The van der Waals surface area contributed by atoms with Gasteiger partial charge in [0.25, 0.3) is 5.24 Å². The number of amides is 2. The van der Waals surface area contributed by atoms with E-state index in [4.69, 9.17) is 4.84 Å². The van der Waals surface area contributed by atoms with Gasteiger partial charge in [0.2, 0.25) is 5.91 Å². The maximum absolute atomic E-state index is 13.3. The van der Waals surface area contributed by atoms with Crippen molar-refractivity contribution in [2.45, 2.75) is 24.5 Å². The van der Waals surface area contributed by atoms with E-state index in [1.54, 1.807) is 12.1 Å². The Morgan fingerprint density at radius 2 is 1.79 bits per heavy atom. The Balaban J connectivity index is 1.65. The summed E-state index contributed by atoms with van der Waals surface area (Å²) in [7, 11) is 0. The smallest absolute Gasteiger partial charge is 0.409 e. The van der Waals surface area contributed by atoms with Crippen LogP contribution >= 0.6 is 11.8 Å². The number of para-hydroxylation sites is 1. The number of halogens is 3. The number of benzene rings is 2. The lowest BCUT2D eigenvalue weighted by atomic mass is 10.1. The molecule has 1 aliphatic rings. The number of hydrogen-bond donors (Lipinski definition) is 1. The Hall–Kier alpha value is -2.94. The van der Waals surface area contributed by atoms with E-state index in [9.17, 15) is 22.8 Å². The number of imide groups is 1. The fraction of sp³-hybridized carbons (Fsp3) is 0.200. The van der Waals surface area contributed by atoms with Crippen molar-refractivity contribution < 1.29 is 27.6 Å². The molecule has 29 heavy (non-hydrogen) atoms. The minimum Gasteiger partial charge on any atom is -0.409 e. The van der Waals surface area contributed by atoms with E-state index in [1.165, 1.54) is 22.9 Å². The topological polar surface area (TPSA) is 60.3 Å². The zero-order valence-corrected chi connectivity index (χ0v) is 15.7. The highest BCUT2D eigenvalue weighted by atomic mass is 32.2. The van der Waals surface area contributed by atoms with Crippen LogP contribution in [0.5, 0.6) is 0 Å². The molecule has 5 nitrogen and oxygen atoms in total. The van der Waals surface area contributed by atoms with Gasteiger partial charge in [-0.1, -0.05) is 48.2 Å². The second-order valence-electron chi connectivity index (χ2n) is 6.50. The molecule has 0 radical (unpaired) electrons. The van der Waals surface area contributed by atoms with Crippen molar-refractivity contribution in [3.05, 3.63) is 71.4 Å². The monoisotopic (exact) mass is 420 g/mol. The number of rotatable bonds is 5. The second-order valence-corrected chi connectivity index (χ2v) is 7.68. The molecule has 2 aromatic carbocycles. The standard InChI is InChI=1S/C20H15F3N2O3S/c21-20(22,23)15-7-3-1-6-13(15)11-28-25-14(9-12-5-2-4-8-16(12)25)10-17-18(26)24-19(27)29-17/h1-9,17H,10-11H2,(H,24,26,27). The molecule has 2 heterocycles. The van der Waals surface area contributed by atoms with Gasteiger partial charge in [0.1, 0.15) is 6.61 Å². The summed E-state index contributed by atoms with van der Waals surface area (Å²) in [5.41, 5.74) is 0.515. The van der Waals surface area contributed by atoms with E-state index < -0.39 is 22.2 Å². The van der Waals surface area contributed by atoms with E-state index in [0.717, 1.165) is 23.2 Å². The number of alkyl halides is 3. The van der Waals surface area contributed by atoms with E-state index in [0.29, 0.717) is 11.2 Å². The number of thioether (sulfide) groups is 1. The molecule has 1 aliphatic heterocycles. The van der Waals surface area contributed by atoms with Crippen LogP contribution < -0.4 is 10.2 Å². The third-order valence-corrected chi connectivity index (χ3v) is 5.55. The van der Waals surface area contributed by atoms with Crippen LogP contribution in [0, 0.1) is 0 Å². The van der Waals surface area contributed by atoms with Gasteiger partial charge in [0, 0.05) is 17.4 Å². The molecule has 1 N–H and O–H groups in total. The van der Waals surface area contributed by atoms with Gasteiger partial charge >= 0.3 is 6.18 Å². The Morgan fingerprint density at radius 3 is 2.52 bits per heavy atom. The molecule has 0 aliphatic carbocycles. The largest absolute Gasteiger partial charge is 0.416 e. The van der Waals surface area contributed by atoms with Gasteiger partial charge in [0.05, 0.1) is 22.0 Å². The number of carbonyl (C=O) groups is 2. The fourth-order valence-electron chi connectivity index (χ4n) is 3.26. The quantitative estimate of drug-likeness (QED) is 0.673. The molecule has 1 saturated heterocycles. The SMILES string of the molecule is O=C1NC(=O)C(Cc2cc3ccccc3n2OCc2ccccc2C(F)(F)F)S1. The molecule has 0 bridgehead atoms. The summed E-state index contributed by atoms with van der Waals surface area (Å²) in [5.74, 6) is -0.390. The van der Waals surface area contributed by atoms with Crippen molar-refractivity contribution in [3.8, 4) is 0 Å². The highest BCUT2D eigenvalue weighted by molar-refractivity contribution is 8.15. The molecule has 2 amide bonds. The maximum atomic E-state index is 13.3. The van der Waals surface area contributed by atoms with Crippen LogP contribution in [0.4, 0.5) is 18.0 Å². The van der Waals surface area contributed by atoms with Crippen LogP contribution in [0.25, 0.3) is 10.9 Å². The van der Waals surface area contributed by atoms with Crippen LogP contribution in [0.1, 0.15) is 16.8 Å². The van der Waals surface area contributed by atoms with Crippen molar-refractivity contribution in [1.82, 2.24) is 10.0 Å². The number of carbonyl (C=O) groups excluding carboxylic acids is 2. The van der Waals surface area contributed by atoms with E-state index in [-0.39, 0.29) is 24.5 Å². The molecule has 0 saturated carbocycles. The lowest BCUT2D eigenvalue weighted by molar-refractivity contribution is -0.139. The van der Waals surface area contributed by atoms with E-state index in [2.05, 4.69) is 5.32 Å². The third-order valence-electron chi connectivity index (χ3n) is 4.57. The third kappa shape index (κ3) is 3.95. The minimum atomic E-state index is -4.49. The minimum absolute atomic E-state index is 0.00638. The molecule has 1 fully saturated rings. The van der Waals surface area contributed by atoms with Gasteiger partial charge in [-0.3, -0.25) is 14.9 Å². The Kier molecular flexibility index (Phi) is 4.99. The molecule has 3 aromatic rings. The lowest BCUT2D eigenvalue weighted by Crippen LogP contribution is -2.27. The number of nitrogens with zero attached hydrogens (tertiary/aromatic N) is 1. The van der Waals surface area contributed by atoms with Crippen LogP contribution in [0.15, 0.2) is 54.6 Å². The molecule has 4 rings (SSSR count). The van der Waals surface area contributed by atoms with Crippen LogP contribution in [0.3, 0.4) is 0 Å². The summed E-state index contributed by atoms with van der Waals surface area (Å²) in [4.78, 5) is 29.1. The Morgan fingerprint density at radius 1 is 1.07 bits per heavy atom. The van der Waals surface area contributed by atoms with Crippen LogP contribution in [0.2, 0.25) is 0 Å². The van der Waals surface area contributed by atoms with Gasteiger partial charge in [-0.15, -0.1) is 0 Å². The van der Waals surface area contributed by atoms with Crippen molar-refractivity contribution in [1.29, 1.82) is 0 Å². The first-order chi connectivity index (χ1) is 13.8. The average Bonchev–Trinajstić information content (AvgIpc) is 3.18. The summed E-state index contributed by atoms with van der Waals surface area (Å²) < 4.78 is 41.2. The molecule has 9 heteroatoms. The Labute approximate surface area is 167 Å². The molecule has 1 unspecified atom stereocenters. The van der Waals surface area contributed by atoms with Gasteiger partial charge in [-0.2, -0.15) is 17.9 Å². The normalized spacial score (nSPS) is 17.0. The zero-order chi connectivity index (χ0) is 20.6. The molecular weight excluding hydrogens is 405 g/mol. The number of fused-ring (bicyclic) bond motifs is 1. The van der Waals surface area contributed by atoms with Crippen molar-refractivity contribution in [2.75, 3.05) is 0 Å². The lowest BCUT2D eigenvalue weighted by Gasteiger charge is -2.16. The second kappa shape index (κ2) is 7.47. The number of hydrogen-bond acceptors (Lipinski definition) is 4. The van der Waals surface area contributed by atoms with Crippen molar-refractivity contribution in [3.63, 3.8) is 0 Å². The molecular formula is C20H15F3N2O3S. The fourth-order valence-corrected chi connectivity index (χ4v) is 4.09. The number of aromatic nitrogens is 1. The first kappa shape index (κ1) is 19.4. The molecule has 0 spiro atoms. The molecule has 150 valence electrons. The summed E-state index contributed by atoms with van der Waals surface area (Å²) >= 11 is 0.890. The predicted molar refractivity (Wildman–Crippen MR) is 102 cm³/mol. The van der Waals surface area contributed by atoms with Gasteiger partial charge < -0.3 is 4.84 Å². The first-order valence-corrected chi connectivity index (χ1v) is 9.60. The van der Waals surface area contributed by atoms with Crippen molar-refractivity contribution in [2.24, 2.45) is 0 Å². The average molecular weight is 420 g/mol. The zero-order valence-electron chi connectivity index (χ0n) is 14.9. The number of nitrogens with one attached hydrogen (secondary N) is 1. The predicted octanol–water partition coefficient (Wildman–Crippen LogP) is 4.18. The van der Waals surface area contributed by atoms with Gasteiger partial charge in [-0.25, -0.2) is 0 Å². The molecule has 1 aromatic heterocycles. The summed E-state index contributed by atoms with van der Waals surface area (Å²) in [5, 5.41) is 2.02. The molecule has 1 atom stereocenters.